The summed E-state index contributed by atoms with van der Waals surface area (Å²) in [5, 5.41) is 0. The molecule has 1 saturated heterocycles. The highest BCUT2D eigenvalue weighted by molar-refractivity contribution is 7.87. The molecule has 0 unspecified atom stereocenters. The minimum Gasteiger partial charge on any atom is -0.325 e. The molecule has 6 heteroatoms. The molecule has 5 nitrogen and oxygen atoms in total. The molecule has 0 radical (unpaired) electrons. The van der Waals surface area contributed by atoms with Crippen molar-refractivity contribution in [1.29, 1.82) is 0 Å². The van der Waals surface area contributed by atoms with Crippen LogP contribution in [0, 0.1) is 0 Å². The molecule has 1 heterocycles. The summed E-state index contributed by atoms with van der Waals surface area (Å²) in [7, 11) is -3.19. The third-order valence-corrected chi connectivity index (χ3v) is 3.72. The highest BCUT2D eigenvalue weighted by Crippen LogP contribution is 2.21. The zero-order valence-corrected chi connectivity index (χ0v) is 7.55. The van der Waals surface area contributed by atoms with E-state index < -0.39 is 10.2 Å². The van der Waals surface area contributed by atoms with E-state index in [4.69, 9.17) is 5.73 Å². The molecule has 2 fully saturated rings. The number of hydrogen-bond donors (Lipinski definition) is 2. The molecular formula is C6H13N3O2S. The van der Waals surface area contributed by atoms with E-state index in [9.17, 15) is 8.42 Å². The van der Waals surface area contributed by atoms with Gasteiger partial charge in [-0.2, -0.15) is 17.4 Å². The van der Waals surface area contributed by atoms with Gasteiger partial charge in [0.1, 0.15) is 0 Å². The predicted octanol–water partition coefficient (Wildman–Crippen LogP) is -1.37. The van der Waals surface area contributed by atoms with Crippen LogP contribution >= 0.6 is 0 Å². The summed E-state index contributed by atoms with van der Waals surface area (Å²) in [5.41, 5.74) is 5.48. The van der Waals surface area contributed by atoms with Gasteiger partial charge < -0.3 is 5.73 Å². The van der Waals surface area contributed by atoms with Crippen LogP contribution in [0.5, 0.6) is 0 Å². The Balaban J connectivity index is 1.91. The highest BCUT2D eigenvalue weighted by Gasteiger charge is 2.36. The summed E-state index contributed by atoms with van der Waals surface area (Å²) in [6.07, 6.45) is 1.94. The smallest absolute Gasteiger partial charge is 0.279 e. The SMILES string of the molecule is NC1CN(S(=O)(=O)NC2CC2)C1. The van der Waals surface area contributed by atoms with Crippen molar-refractivity contribution >= 4 is 10.2 Å². The van der Waals surface area contributed by atoms with Crippen LogP contribution in [-0.4, -0.2) is 37.9 Å². The molecule has 0 amide bonds. The minimum atomic E-state index is -3.19. The maximum atomic E-state index is 11.4. The summed E-state index contributed by atoms with van der Waals surface area (Å²) in [4.78, 5) is 0. The molecule has 0 aromatic heterocycles. The second-order valence-corrected chi connectivity index (χ2v) is 5.18. The van der Waals surface area contributed by atoms with Crippen LogP contribution in [0.3, 0.4) is 0 Å². The Bertz CT molecular complexity index is 267. The first-order chi connectivity index (χ1) is 5.58. The van der Waals surface area contributed by atoms with Gasteiger partial charge in [0.15, 0.2) is 0 Å². The number of nitrogens with two attached hydrogens (primary N) is 1. The van der Waals surface area contributed by atoms with E-state index in [1.807, 2.05) is 0 Å². The Morgan fingerprint density at radius 1 is 1.33 bits per heavy atom. The number of nitrogens with one attached hydrogen (secondary N) is 1. The van der Waals surface area contributed by atoms with Gasteiger partial charge in [-0.15, -0.1) is 0 Å². The molecule has 3 N–H and O–H groups in total. The Kier molecular flexibility index (Phi) is 1.87. The van der Waals surface area contributed by atoms with Crippen molar-refractivity contribution in [2.45, 2.75) is 24.9 Å². The Morgan fingerprint density at radius 3 is 2.33 bits per heavy atom. The van der Waals surface area contributed by atoms with E-state index in [2.05, 4.69) is 4.72 Å². The van der Waals surface area contributed by atoms with E-state index >= 15 is 0 Å². The molecule has 0 bridgehead atoms. The van der Waals surface area contributed by atoms with Crippen molar-refractivity contribution in [1.82, 2.24) is 9.03 Å². The Morgan fingerprint density at radius 2 is 1.92 bits per heavy atom. The fourth-order valence-electron chi connectivity index (χ4n) is 1.15. The molecule has 0 atom stereocenters. The molecule has 1 aliphatic heterocycles. The van der Waals surface area contributed by atoms with Crippen LogP contribution in [-0.2, 0) is 10.2 Å². The Hall–Kier alpha value is -0.170. The lowest BCUT2D eigenvalue weighted by Gasteiger charge is -2.35. The lowest BCUT2D eigenvalue weighted by atomic mass is 10.2. The van der Waals surface area contributed by atoms with Crippen molar-refractivity contribution in [2.24, 2.45) is 5.73 Å². The van der Waals surface area contributed by atoms with E-state index in [1.165, 1.54) is 4.31 Å². The van der Waals surface area contributed by atoms with Crippen LogP contribution in [0.15, 0.2) is 0 Å². The topological polar surface area (TPSA) is 75.4 Å². The number of hydrogen-bond acceptors (Lipinski definition) is 3. The summed E-state index contributed by atoms with van der Waals surface area (Å²) in [6.45, 7) is 0.921. The van der Waals surface area contributed by atoms with Gasteiger partial charge >= 0.3 is 0 Å². The fourth-order valence-corrected chi connectivity index (χ4v) is 2.73. The van der Waals surface area contributed by atoms with Crippen molar-refractivity contribution in [2.75, 3.05) is 13.1 Å². The molecule has 2 aliphatic rings. The van der Waals surface area contributed by atoms with Gasteiger partial charge in [0.25, 0.3) is 10.2 Å². The van der Waals surface area contributed by atoms with E-state index in [0.717, 1.165) is 12.8 Å². The molecule has 70 valence electrons. The second kappa shape index (κ2) is 2.66. The normalized spacial score (nSPS) is 27.1. The molecule has 1 aliphatic carbocycles. The van der Waals surface area contributed by atoms with Gasteiger partial charge in [0.2, 0.25) is 0 Å². The number of nitrogens with zero attached hydrogens (tertiary/aromatic N) is 1. The van der Waals surface area contributed by atoms with Gasteiger partial charge in [0.05, 0.1) is 0 Å². The van der Waals surface area contributed by atoms with E-state index in [0.29, 0.717) is 13.1 Å². The summed E-state index contributed by atoms with van der Waals surface area (Å²) in [6, 6.07) is 0.215. The zero-order chi connectivity index (χ0) is 8.77. The van der Waals surface area contributed by atoms with Gasteiger partial charge in [-0.25, -0.2) is 0 Å². The molecule has 0 aromatic rings. The van der Waals surface area contributed by atoms with Crippen molar-refractivity contribution < 1.29 is 8.42 Å². The van der Waals surface area contributed by atoms with Crippen LogP contribution in [0.25, 0.3) is 0 Å². The summed E-state index contributed by atoms with van der Waals surface area (Å²) >= 11 is 0. The standard InChI is InChI=1S/C6H13N3O2S/c7-5-3-9(4-5)12(10,11)8-6-1-2-6/h5-6,8H,1-4,7H2. The first kappa shape index (κ1) is 8.43. The molecular weight excluding hydrogens is 178 g/mol. The lowest BCUT2D eigenvalue weighted by Crippen LogP contribution is -2.60. The summed E-state index contributed by atoms with van der Waals surface area (Å²) in [5.74, 6) is 0. The monoisotopic (exact) mass is 191 g/mol. The maximum Gasteiger partial charge on any atom is 0.279 e. The third-order valence-electron chi connectivity index (χ3n) is 2.11. The molecule has 0 spiro atoms. The maximum absolute atomic E-state index is 11.4. The molecule has 12 heavy (non-hydrogen) atoms. The highest BCUT2D eigenvalue weighted by atomic mass is 32.2. The van der Waals surface area contributed by atoms with Gasteiger partial charge in [-0.05, 0) is 12.8 Å². The van der Waals surface area contributed by atoms with E-state index in [1.54, 1.807) is 0 Å². The lowest BCUT2D eigenvalue weighted by molar-refractivity contribution is 0.262. The third kappa shape index (κ3) is 1.61. The quantitative estimate of drug-likeness (QED) is 0.577. The zero-order valence-electron chi connectivity index (χ0n) is 6.73. The van der Waals surface area contributed by atoms with Crippen molar-refractivity contribution in [3.8, 4) is 0 Å². The van der Waals surface area contributed by atoms with Gasteiger partial charge in [-0.3, -0.25) is 0 Å². The molecule has 2 rings (SSSR count). The average Bonchev–Trinajstić information content (AvgIpc) is 2.63. The molecule has 0 aromatic carbocycles. The largest absolute Gasteiger partial charge is 0.325 e. The van der Waals surface area contributed by atoms with Crippen LogP contribution in [0.2, 0.25) is 0 Å². The molecule has 1 saturated carbocycles. The van der Waals surface area contributed by atoms with Gasteiger partial charge in [0, 0.05) is 25.2 Å². The first-order valence-electron chi connectivity index (χ1n) is 4.11. The van der Waals surface area contributed by atoms with Crippen molar-refractivity contribution in [3.63, 3.8) is 0 Å². The average molecular weight is 191 g/mol. The van der Waals surface area contributed by atoms with Crippen molar-refractivity contribution in [3.05, 3.63) is 0 Å². The van der Waals surface area contributed by atoms with Crippen LogP contribution < -0.4 is 10.5 Å². The first-order valence-corrected chi connectivity index (χ1v) is 5.55. The predicted molar refractivity (Wildman–Crippen MR) is 44.6 cm³/mol. The fraction of sp³-hybridized carbons (Fsp3) is 1.00. The van der Waals surface area contributed by atoms with Crippen LogP contribution in [0.4, 0.5) is 0 Å². The minimum absolute atomic E-state index is 0.0285. The van der Waals surface area contributed by atoms with Gasteiger partial charge in [-0.1, -0.05) is 0 Å². The Labute approximate surface area is 72.1 Å². The van der Waals surface area contributed by atoms with E-state index in [-0.39, 0.29) is 12.1 Å². The van der Waals surface area contributed by atoms with Crippen LogP contribution in [0.1, 0.15) is 12.8 Å². The number of rotatable bonds is 3. The summed E-state index contributed by atoms with van der Waals surface area (Å²) < 4.78 is 26.7. The second-order valence-electron chi connectivity index (χ2n) is 3.47.